The van der Waals surface area contributed by atoms with E-state index >= 15 is 0 Å². The van der Waals surface area contributed by atoms with Crippen LogP contribution in [0.4, 0.5) is 0 Å². The van der Waals surface area contributed by atoms with Crippen molar-refractivity contribution in [2.24, 2.45) is 13.0 Å². The summed E-state index contributed by atoms with van der Waals surface area (Å²) < 4.78 is 1.85. The topological polar surface area (TPSA) is 55.1 Å². The Morgan fingerprint density at radius 3 is 3.14 bits per heavy atom. The number of carboxylic acid groups (broad SMARTS) is 1. The van der Waals surface area contributed by atoms with Gasteiger partial charge in [0.2, 0.25) is 0 Å². The molecule has 1 N–H and O–H groups in total. The van der Waals surface area contributed by atoms with Crippen molar-refractivity contribution in [3.8, 4) is 0 Å². The van der Waals surface area contributed by atoms with Crippen LogP contribution in [0.3, 0.4) is 0 Å². The Kier molecular flexibility index (Phi) is 2.06. The largest absolute Gasteiger partial charge is 0.481 e. The summed E-state index contributed by atoms with van der Waals surface area (Å²) in [5, 5.41) is 13.1. The van der Waals surface area contributed by atoms with Gasteiger partial charge in [0.05, 0.1) is 12.1 Å². The van der Waals surface area contributed by atoms with Crippen LogP contribution in [0.15, 0.2) is 6.20 Å². The van der Waals surface area contributed by atoms with E-state index in [0.717, 1.165) is 18.4 Å². The molecule has 0 radical (unpaired) electrons. The van der Waals surface area contributed by atoms with Gasteiger partial charge in [-0.1, -0.05) is 6.92 Å². The van der Waals surface area contributed by atoms with Crippen LogP contribution in [0.2, 0.25) is 0 Å². The van der Waals surface area contributed by atoms with Gasteiger partial charge in [-0.05, 0) is 18.4 Å². The van der Waals surface area contributed by atoms with Gasteiger partial charge in [-0.3, -0.25) is 9.48 Å². The number of nitrogens with zero attached hydrogens (tertiary/aromatic N) is 2. The molecule has 0 saturated heterocycles. The second-order valence-corrected chi connectivity index (χ2v) is 3.94. The Morgan fingerprint density at radius 2 is 2.50 bits per heavy atom. The third-order valence-electron chi connectivity index (χ3n) is 3.18. The van der Waals surface area contributed by atoms with Crippen molar-refractivity contribution in [3.63, 3.8) is 0 Å². The number of carbonyl (C=O) groups is 1. The van der Waals surface area contributed by atoms with E-state index in [1.165, 1.54) is 5.69 Å². The lowest BCUT2D eigenvalue weighted by atomic mass is 9.90. The molecular formula is C10H14N2O2. The maximum absolute atomic E-state index is 10.9. The molecule has 4 nitrogen and oxygen atoms in total. The third kappa shape index (κ3) is 1.22. The van der Waals surface area contributed by atoms with E-state index in [1.54, 1.807) is 6.92 Å². The molecular weight excluding hydrogens is 180 g/mol. The normalized spacial score (nSPS) is 22.0. The Morgan fingerprint density at radius 1 is 1.79 bits per heavy atom. The second kappa shape index (κ2) is 3.12. The molecule has 2 atom stereocenters. The minimum atomic E-state index is -0.716. The molecule has 1 aromatic rings. The summed E-state index contributed by atoms with van der Waals surface area (Å²) in [6.07, 6.45) is 3.70. The molecule has 0 bridgehead atoms. The van der Waals surface area contributed by atoms with Gasteiger partial charge in [-0.25, -0.2) is 0 Å². The number of hydrogen-bond acceptors (Lipinski definition) is 2. The van der Waals surface area contributed by atoms with Crippen molar-refractivity contribution in [3.05, 3.63) is 17.5 Å². The molecule has 0 fully saturated rings. The van der Waals surface area contributed by atoms with Crippen LogP contribution in [-0.4, -0.2) is 20.9 Å². The summed E-state index contributed by atoms with van der Waals surface area (Å²) in [4.78, 5) is 10.9. The summed E-state index contributed by atoms with van der Waals surface area (Å²) >= 11 is 0. The van der Waals surface area contributed by atoms with Gasteiger partial charge in [0.15, 0.2) is 0 Å². The minimum absolute atomic E-state index is 0.149. The number of fused-ring (bicyclic) bond motifs is 1. The lowest BCUT2D eigenvalue weighted by Crippen LogP contribution is -2.16. The molecule has 0 amide bonds. The number of carboxylic acids is 1. The van der Waals surface area contributed by atoms with Crippen LogP contribution in [0, 0.1) is 5.92 Å². The molecule has 1 heterocycles. The molecule has 76 valence electrons. The first-order valence-corrected chi connectivity index (χ1v) is 4.85. The number of aromatic nitrogens is 2. The molecule has 0 aromatic carbocycles. The van der Waals surface area contributed by atoms with E-state index in [4.69, 9.17) is 5.11 Å². The van der Waals surface area contributed by atoms with Gasteiger partial charge in [0.25, 0.3) is 0 Å². The molecule has 0 spiro atoms. The summed E-state index contributed by atoms with van der Waals surface area (Å²) in [5.74, 6) is -0.872. The smallest absolute Gasteiger partial charge is 0.306 e. The summed E-state index contributed by atoms with van der Waals surface area (Å²) in [6, 6.07) is 0. The zero-order chi connectivity index (χ0) is 10.3. The molecule has 0 aliphatic heterocycles. The van der Waals surface area contributed by atoms with Crippen molar-refractivity contribution in [1.82, 2.24) is 9.78 Å². The highest BCUT2D eigenvalue weighted by atomic mass is 16.4. The summed E-state index contributed by atoms with van der Waals surface area (Å²) in [6.45, 7) is 1.77. The summed E-state index contributed by atoms with van der Waals surface area (Å²) in [5.41, 5.74) is 2.32. The Balaban J connectivity index is 2.30. The second-order valence-electron chi connectivity index (χ2n) is 3.94. The van der Waals surface area contributed by atoms with Gasteiger partial charge in [0.1, 0.15) is 0 Å². The zero-order valence-corrected chi connectivity index (χ0v) is 8.40. The maximum Gasteiger partial charge on any atom is 0.306 e. The lowest BCUT2D eigenvalue weighted by Gasteiger charge is -2.13. The molecule has 2 unspecified atom stereocenters. The number of aliphatic carboxylic acids is 1. The molecule has 4 heteroatoms. The van der Waals surface area contributed by atoms with Crippen molar-refractivity contribution < 1.29 is 9.90 Å². The molecule has 1 aromatic heterocycles. The highest BCUT2D eigenvalue weighted by Crippen LogP contribution is 2.37. The van der Waals surface area contributed by atoms with Crippen molar-refractivity contribution in [2.75, 3.05) is 0 Å². The molecule has 1 aliphatic carbocycles. The Hall–Kier alpha value is -1.32. The molecule has 2 rings (SSSR count). The lowest BCUT2D eigenvalue weighted by molar-refractivity contribution is -0.141. The van der Waals surface area contributed by atoms with Crippen molar-refractivity contribution in [1.29, 1.82) is 0 Å². The van der Waals surface area contributed by atoms with Gasteiger partial charge in [0, 0.05) is 18.7 Å². The Bertz CT molecular complexity index is 370. The predicted molar refractivity (Wildman–Crippen MR) is 51.1 cm³/mol. The van der Waals surface area contributed by atoms with E-state index < -0.39 is 5.97 Å². The van der Waals surface area contributed by atoms with Crippen molar-refractivity contribution >= 4 is 5.97 Å². The van der Waals surface area contributed by atoms with Crippen LogP contribution >= 0.6 is 0 Å². The highest BCUT2D eigenvalue weighted by molar-refractivity contribution is 5.71. The van der Waals surface area contributed by atoms with Crippen LogP contribution in [0.25, 0.3) is 0 Å². The predicted octanol–water partition coefficient (Wildman–Crippen LogP) is 1.17. The fourth-order valence-corrected chi connectivity index (χ4v) is 2.23. The van der Waals surface area contributed by atoms with Gasteiger partial charge < -0.3 is 5.11 Å². The third-order valence-corrected chi connectivity index (χ3v) is 3.18. The SMILES string of the molecule is CC(C(=O)O)C1CCc2c1cnn2C. The average Bonchev–Trinajstić information content (AvgIpc) is 2.68. The molecule has 14 heavy (non-hydrogen) atoms. The van der Waals surface area contributed by atoms with Crippen LogP contribution < -0.4 is 0 Å². The van der Waals surface area contributed by atoms with Gasteiger partial charge >= 0.3 is 5.97 Å². The minimum Gasteiger partial charge on any atom is -0.481 e. The maximum atomic E-state index is 10.9. The van der Waals surface area contributed by atoms with E-state index in [0.29, 0.717) is 0 Å². The van der Waals surface area contributed by atoms with Crippen LogP contribution in [0.1, 0.15) is 30.5 Å². The number of aryl methyl sites for hydroxylation is 1. The fraction of sp³-hybridized carbons (Fsp3) is 0.600. The zero-order valence-electron chi connectivity index (χ0n) is 8.40. The average molecular weight is 194 g/mol. The van der Waals surface area contributed by atoms with Gasteiger partial charge in [-0.15, -0.1) is 0 Å². The first kappa shape index (κ1) is 9.24. The van der Waals surface area contributed by atoms with E-state index in [9.17, 15) is 4.79 Å². The fourth-order valence-electron chi connectivity index (χ4n) is 2.23. The van der Waals surface area contributed by atoms with Crippen LogP contribution in [-0.2, 0) is 18.3 Å². The number of rotatable bonds is 2. The van der Waals surface area contributed by atoms with Gasteiger partial charge in [-0.2, -0.15) is 5.10 Å². The number of hydrogen-bond donors (Lipinski definition) is 1. The van der Waals surface area contributed by atoms with Crippen molar-refractivity contribution in [2.45, 2.75) is 25.7 Å². The first-order chi connectivity index (χ1) is 6.61. The summed E-state index contributed by atoms with van der Waals surface area (Å²) in [7, 11) is 1.91. The Labute approximate surface area is 82.5 Å². The van der Waals surface area contributed by atoms with E-state index in [1.807, 2.05) is 17.9 Å². The first-order valence-electron chi connectivity index (χ1n) is 4.85. The van der Waals surface area contributed by atoms with Crippen LogP contribution in [0.5, 0.6) is 0 Å². The van der Waals surface area contributed by atoms with E-state index in [2.05, 4.69) is 5.10 Å². The highest BCUT2D eigenvalue weighted by Gasteiger charge is 2.33. The molecule has 1 aliphatic rings. The molecule has 0 saturated carbocycles. The quantitative estimate of drug-likeness (QED) is 0.768. The standard InChI is InChI=1S/C10H14N2O2/c1-6(10(13)14)7-3-4-9-8(7)5-11-12(9)2/h5-7H,3-4H2,1-2H3,(H,13,14). The van der Waals surface area contributed by atoms with E-state index in [-0.39, 0.29) is 11.8 Å². The monoisotopic (exact) mass is 194 g/mol.